The number of rotatable bonds is 3. The number of hydrogen-bond donors (Lipinski definition) is 2. The van der Waals surface area contributed by atoms with Crippen molar-refractivity contribution in [3.63, 3.8) is 0 Å². The van der Waals surface area contributed by atoms with E-state index in [0.717, 1.165) is 0 Å². The molecule has 0 saturated carbocycles. The molecule has 0 saturated heterocycles. The van der Waals surface area contributed by atoms with E-state index in [4.69, 9.17) is 0 Å². The zero-order chi connectivity index (χ0) is 16.6. The second-order valence-electron chi connectivity index (χ2n) is 5.50. The molecule has 0 radical (unpaired) electrons. The first-order valence-corrected chi connectivity index (χ1v) is 7.09. The van der Waals surface area contributed by atoms with Crippen LogP contribution in [0, 0.1) is 10.1 Å². The molecule has 118 valence electrons. The third kappa shape index (κ3) is 2.68. The van der Waals surface area contributed by atoms with Gasteiger partial charge in [-0.05, 0) is 18.2 Å². The standard InChI is InChI=1S/C16H16N4O3/c1-19(2)13-8-7-10(9-14(13)20(22)23)15-17-12-6-4-3-5-11(12)16(21)18-15/h3-9,15,17H,1-2H3,(H,18,21)/t15-/m1/s1. The first-order chi connectivity index (χ1) is 11.0. The predicted molar refractivity (Wildman–Crippen MR) is 87.7 cm³/mol. The Morgan fingerprint density at radius 3 is 2.57 bits per heavy atom. The topological polar surface area (TPSA) is 87.5 Å². The third-order valence-corrected chi connectivity index (χ3v) is 3.76. The minimum absolute atomic E-state index is 0.00223. The van der Waals surface area contributed by atoms with Crippen molar-refractivity contribution in [1.29, 1.82) is 0 Å². The van der Waals surface area contributed by atoms with E-state index in [2.05, 4.69) is 10.6 Å². The van der Waals surface area contributed by atoms with Crippen LogP contribution in [0.15, 0.2) is 42.5 Å². The van der Waals surface area contributed by atoms with Gasteiger partial charge >= 0.3 is 0 Å². The molecule has 2 aromatic rings. The molecule has 0 bridgehead atoms. The first-order valence-electron chi connectivity index (χ1n) is 7.09. The molecule has 3 rings (SSSR count). The Bertz CT molecular complexity index is 789. The van der Waals surface area contributed by atoms with Gasteiger partial charge in [0.15, 0.2) is 0 Å². The number of nitro benzene ring substituents is 1. The van der Waals surface area contributed by atoms with Crippen molar-refractivity contribution >= 4 is 23.0 Å². The van der Waals surface area contributed by atoms with E-state index in [0.29, 0.717) is 22.5 Å². The van der Waals surface area contributed by atoms with Crippen LogP contribution >= 0.6 is 0 Å². The molecular weight excluding hydrogens is 296 g/mol. The van der Waals surface area contributed by atoms with Crippen LogP contribution in [0.5, 0.6) is 0 Å². The molecular formula is C16H16N4O3. The number of fused-ring (bicyclic) bond motifs is 1. The number of nitrogens with one attached hydrogen (secondary N) is 2. The van der Waals surface area contributed by atoms with E-state index < -0.39 is 11.1 Å². The Hall–Kier alpha value is -3.09. The van der Waals surface area contributed by atoms with Crippen molar-refractivity contribution in [2.75, 3.05) is 24.3 Å². The number of anilines is 2. The van der Waals surface area contributed by atoms with E-state index in [1.54, 1.807) is 43.3 Å². The Balaban J connectivity index is 1.99. The summed E-state index contributed by atoms with van der Waals surface area (Å²) in [5.41, 5.74) is 2.41. The van der Waals surface area contributed by atoms with Crippen molar-refractivity contribution in [2.24, 2.45) is 0 Å². The van der Waals surface area contributed by atoms with Crippen LogP contribution in [-0.4, -0.2) is 24.9 Å². The maximum absolute atomic E-state index is 12.2. The number of nitrogens with zero attached hydrogens (tertiary/aromatic N) is 2. The van der Waals surface area contributed by atoms with Crippen LogP contribution in [-0.2, 0) is 0 Å². The summed E-state index contributed by atoms with van der Waals surface area (Å²) in [4.78, 5) is 24.7. The number of benzene rings is 2. The summed E-state index contributed by atoms with van der Waals surface area (Å²) >= 11 is 0. The maximum atomic E-state index is 12.2. The van der Waals surface area contributed by atoms with Crippen LogP contribution in [0.4, 0.5) is 17.1 Å². The highest BCUT2D eigenvalue weighted by atomic mass is 16.6. The molecule has 2 N–H and O–H groups in total. The van der Waals surface area contributed by atoms with Crippen molar-refractivity contribution in [1.82, 2.24) is 5.32 Å². The SMILES string of the molecule is CN(C)c1ccc([C@H]2NC(=O)c3ccccc3N2)cc1[N+](=O)[O-]. The predicted octanol–water partition coefficient (Wildman–Crippen LogP) is 2.51. The highest BCUT2D eigenvalue weighted by Crippen LogP contribution is 2.32. The summed E-state index contributed by atoms with van der Waals surface area (Å²) in [6, 6.07) is 12.1. The molecule has 0 aliphatic carbocycles. The van der Waals surface area contributed by atoms with E-state index in [9.17, 15) is 14.9 Å². The summed E-state index contributed by atoms with van der Waals surface area (Å²) in [5, 5.41) is 17.3. The molecule has 1 heterocycles. The Labute approximate surface area is 133 Å². The zero-order valence-electron chi connectivity index (χ0n) is 12.7. The summed E-state index contributed by atoms with van der Waals surface area (Å²) in [6.45, 7) is 0. The number of nitro groups is 1. The monoisotopic (exact) mass is 312 g/mol. The van der Waals surface area contributed by atoms with E-state index >= 15 is 0 Å². The third-order valence-electron chi connectivity index (χ3n) is 3.76. The van der Waals surface area contributed by atoms with Crippen molar-refractivity contribution in [2.45, 2.75) is 6.17 Å². The Kier molecular flexibility index (Phi) is 3.61. The second kappa shape index (κ2) is 5.60. The van der Waals surface area contributed by atoms with Gasteiger partial charge in [0.05, 0.1) is 10.5 Å². The lowest BCUT2D eigenvalue weighted by atomic mass is 10.0. The number of para-hydroxylation sites is 1. The lowest BCUT2D eigenvalue weighted by Crippen LogP contribution is -2.38. The smallest absolute Gasteiger partial charge is 0.292 e. The summed E-state index contributed by atoms with van der Waals surface area (Å²) < 4.78 is 0. The van der Waals surface area contributed by atoms with Gasteiger partial charge in [0.1, 0.15) is 11.9 Å². The molecule has 7 heteroatoms. The molecule has 2 aromatic carbocycles. The summed E-state index contributed by atoms with van der Waals surface area (Å²) in [5.74, 6) is -0.205. The molecule has 7 nitrogen and oxygen atoms in total. The fourth-order valence-electron chi connectivity index (χ4n) is 2.62. The van der Waals surface area contributed by atoms with Crippen LogP contribution in [0.2, 0.25) is 0 Å². The highest BCUT2D eigenvalue weighted by Gasteiger charge is 2.26. The van der Waals surface area contributed by atoms with Gasteiger partial charge in [0, 0.05) is 31.4 Å². The summed E-state index contributed by atoms with van der Waals surface area (Å²) in [7, 11) is 3.50. The van der Waals surface area contributed by atoms with E-state index in [-0.39, 0.29) is 11.6 Å². The normalized spacial score (nSPS) is 16.1. The minimum Gasteiger partial charge on any atom is -0.372 e. The molecule has 0 spiro atoms. The van der Waals surface area contributed by atoms with Gasteiger partial charge in [-0.2, -0.15) is 0 Å². The van der Waals surface area contributed by atoms with Crippen LogP contribution in [0.25, 0.3) is 0 Å². The summed E-state index contributed by atoms with van der Waals surface area (Å²) in [6.07, 6.45) is -0.507. The van der Waals surface area contributed by atoms with Gasteiger partial charge in [0.25, 0.3) is 11.6 Å². The lowest BCUT2D eigenvalue weighted by Gasteiger charge is -2.28. The van der Waals surface area contributed by atoms with Crippen LogP contribution in [0.3, 0.4) is 0 Å². The zero-order valence-corrected chi connectivity index (χ0v) is 12.7. The quantitative estimate of drug-likeness (QED) is 0.671. The number of amides is 1. The van der Waals surface area contributed by atoms with Gasteiger partial charge in [-0.15, -0.1) is 0 Å². The second-order valence-corrected chi connectivity index (χ2v) is 5.50. The maximum Gasteiger partial charge on any atom is 0.292 e. The highest BCUT2D eigenvalue weighted by molar-refractivity contribution is 6.01. The van der Waals surface area contributed by atoms with Crippen molar-refractivity contribution in [3.8, 4) is 0 Å². The molecule has 1 aliphatic heterocycles. The Morgan fingerprint density at radius 1 is 1.13 bits per heavy atom. The van der Waals surface area contributed by atoms with Gasteiger partial charge in [-0.1, -0.05) is 18.2 Å². The van der Waals surface area contributed by atoms with Crippen molar-refractivity contribution in [3.05, 3.63) is 63.7 Å². The van der Waals surface area contributed by atoms with Gasteiger partial charge in [-0.3, -0.25) is 14.9 Å². The average molecular weight is 312 g/mol. The van der Waals surface area contributed by atoms with Gasteiger partial charge < -0.3 is 15.5 Å². The largest absolute Gasteiger partial charge is 0.372 e. The fourth-order valence-corrected chi connectivity index (χ4v) is 2.62. The van der Waals surface area contributed by atoms with Crippen LogP contribution < -0.4 is 15.5 Å². The molecule has 1 atom stereocenters. The molecule has 0 fully saturated rings. The molecule has 0 aromatic heterocycles. The number of carbonyl (C=O) groups is 1. The molecule has 1 aliphatic rings. The number of carbonyl (C=O) groups excluding carboxylic acids is 1. The first kappa shape index (κ1) is 14.8. The average Bonchev–Trinajstić information content (AvgIpc) is 2.54. The minimum atomic E-state index is -0.507. The van der Waals surface area contributed by atoms with Gasteiger partial charge in [0.2, 0.25) is 0 Å². The van der Waals surface area contributed by atoms with Gasteiger partial charge in [-0.25, -0.2) is 0 Å². The molecule has 23 heavy (non-hydrogen) atoms. The number of hydrogen-bond acceptors (Lipinski definition) is 5. The van der Waals surface area contributed by atoms with E-state index in [1.165, 1.54) is 6.07 Å². The van der Waals surface area contributed by atoms with E-state index in [1.807, 2.05) is 12.1 Å². The fraction of sp³-hybridized carbons (Fsp3) is 0.188. The Morgan fingerprint density at radius 2 is 1.87 bits per heavy atom. The van der Waals surface area contributed by atoms with Crippen LogP contribution in [0.1, 0.15) is 22.1 Å². The van der Waals surface area contributed by atoms with Crippen molar-refractivity contribution < 1.29 is 9.72 Å². The lowest BCUT2D eigenvalue weighted by molar-refractivity contribution is -0.384. The molecule has 1 amide bonds. The molecule has 0 unspecified atom stereocenters.